The molecular weight excluding hydrogens is 378 g/mol. The molecule has 10 nitrogen and oxygen atoms in total. The molecule has 29 heavy (non-hydrogen) atoms. The zero-order valence-electron chi connectivity index (χ0n) is 16.7. The van der Waals surface area contributed by atoms with Crippen molar-refractivity contribution in [3.05, 3.63) is 60.8 Å². The summed E-state index contributed by atoms with van der Waals surface area (Å²) >= 11 is 0. The van der Waals surface area contributed by atoms with E-state index in [-0.39, 0.29) is 41.8 Å². The van der Waals surface area contributed by atoms with E-state index in [2.05, 4.69) is 4.98 Å². The number of benzene rings is 1. The third-order valence-electron chi connectivity index (χ3n) is 4.34. The lowest BCUT2D eigenvalue weighted by Gasteiger charge is -2.26. The lowest BCUT2D eigenvalue weighted by Crippen LogP contribution is -2.42. The number of anilines is 2. The van der Waals surface area contributed by atoms with Crippen molar-refractivity contribution in [2.75, 3.05) is 17.2 Å². The molecule has 0 spiro atoms. The average molecular weight is 403 g/mol. The van der Waals surface area contributed by atoms with Crippen molar-refractivity contribution in [1.82, 2.24) is 9.55 Å². The fourth-order valence-corrected chi connectivity index (χ4v) is 2.98. The Balaban J connectivity index is 2.69. The van der Waals surface area contributed by atoms with Gasteiger partial charge in [-0.05, 0) is 18.4 Å². The summed E-state index contributed by atoms with van der Waals surface area (Å²) in [6, 6.07) is 5.50. The number of nitrogens with two attached hydrogens (primary N) is 1. The third-order valence-corrected chi connectivity index (χ3v) is 4.34. The Morgan fingerprint density at radius 3 is 2.55 bits per heavy atom. The van der Waals surface area contributed by atoms with Crippen molar-refractivity contribution in [2.24, 2.45) is 5.92 Å². The van der Waals surface area contributed by atoms with Gasteiger partial charge in [0.1, 0.15) is 11.4 Å². The first-order valence-corrected chi connectivity index (χ1v) is 9.36. The van der Waals surface area contributed by atoms with Gasteiger partial charge >= 0.3 is 5.69 Å². The number of nitro benzene ring substituents is 1. The van der Waals surface area contributed by atoms with Crippen LogP contribution in [-0.2, 0) is 6.54 Å². The van der Waals surface area contributed by atoms with Crippen LogP contribution < -0.4 is 21.9 Å². The summed E-state index contributed by atoms with van der Waals surface area (Å²) in [5, 5.41) is 11.4. The van der Waals surface area contributed by atoms with Crippen molar-refractivity contribution >= 4 is 23.1 Å². The minimum atomic E-state index is -0.812. The molecular formula is C19H25N5O5. The second-order valence-corrected chi connectivity index (χ2v) is 7.08. The quantitative estimate of drug-likeness (QED) is 0.510. The molecule has 1 amide bonds. The largest absolute Gasteiger partial charge is 0.383 e. The molecule has 0 atom stereocenters. The number of carbonyl (C=O) groups excluding carboxylic acids is 1. The second-order valence-electron chi connectivity index (χ2n) is 7.08. The maximum absolute atomic E-state index is 13.2. The number of unbranched alkanes of at least 4 members (excludes halogenated alkanes) is 1. The first kappa shape index (κ1) is 21.9. The number of hydrogen-bond acceptors (Lipinski definition) is 6. The van der Waals surface area contributed by atoms with Crippen LogP contribution in [0.2, 0.25) is 0 Å². The van der Waals surface area contributed by atoms with Crippen molar-refractivity contribution in [3.8, 4) is 0 Å². The smallest absolute Gasteiger partial charge is 0.330 e. The van der Waals surface area contributed by atoms with E-state index in [1.807, 2.05) is 20.8 Å². The fraction of sp³-hybridized carbons (Fsp3) is 0.421. The number of aromatic nitrogens is 2. The van der Waals surface area contributed by atoms with Crippen LogP contribution in [0.5, 0.6) is 0 Å². The van der Waals surface area contributed by atoms with E-state index >= 15 is 0 Å². The number of amides is 1. The number of nitro groups is 1. The highest BCUT2D eigenvalue weighted by molar-refractivity contribution is 6.09. The summed E-state index contributed by atoms with van der Waals surface area (Å²) in [4.78, 5) is 52.0. The predicted molar refractivity (Wildman–Crippen MR) is 110 cm³/mol. The molecule has 2 rings (SSSR count). The molecule has 0 aliphatic carbocycles. The standard InChI is InChI=1S/C19H25N5O5/c1-4-5-10-22-16(20)15(17(25)21-19(22)27)23(11-12(2)3)18(26)13-8-6-7-9-14(13)24(28)29/h6-9,12H,4-5,10-11,20H2,1-3H3,(H,21,25,27). The number of H-pyrrole nitrogens is 1. The number of hydrogen-bond donors (Lipinski definition) is 2. The monoisotopic (exact) mass is 403 g/mol. The van der Waals surface area contributed by atoms with E-state index in [0.29, 0.717) is 6.42 Å². The molecule has 0 saturated heterocycles. The first-order chi connectivity index (χ1) is 13.7. The number of rotatable bonds is 8. The minimum absolute atomic E-state index is 0.0726. The summed E-state index contributed by atoms with van der Waals surface area (Å²) < 4.78 is 1.21. The number of nitrogen functional groups attached to an aromatic ring is 1. The van der Waals surface area contributed by atoms with Gasteiger partial charge < -0.3 is 5.73 Å². The first-order valence-electron chi connectivity index (χ1n) is 9.36. The van der Waals surface area contributed by atoms with E-state index in [9.17, 15) is 24.5 Å². The minimum Gasteiger partial charge on any atom is -0.383 e. The lowest BCUT2D eigenvalue weighted by molar-refractivity contribution is -0.385. The van der Waals surface area contributed by atoms with E-state index in [1.54, 1.807) is 0 Å². The van der Waals surface area contributed by atoms with Gasteiger partial charge in [0, 0.05) is 19.2 Å². The Morgan fingerprint density at radius 1 is 1.31 bits per heavy atom. The maximum atomic E-state index is 13.2. The van der Waals surface area contributed by atoms with Crippen LogP contribution in [0.25, 0.3) is 0 Å². The van der Waals surface area contributed by atoms with Crippen molar-refractivity contribution in [3.63, 3.8) is 0 Å². The van der Waals surface area contributed by atoms with E-state index in [4.69, 9.17) is 5.73 Å². The molecule has 0 unspecified atom stereocenters. The summed E-state index contributed by atoms with van der Waals surface area (Å²) in [7, 11) is 0. The highest BCUT2D eigenvalue weighted by Gasteiger charge is 2.30. The van der Waals surface area contributed by atoms with E-state index in [0.717, 1.165) is 11.3 Å². The number of para-hydroxylation sites is 1. The van der Waals surface area contributed by atoms with E-state index in [1.165, 1.54) is 28.8 Å². The molecule has 2 aromatic rings. The molecule has 0 radical (unpaired) electrons. The van der Waals surface area contributed by atoms with Crippen LogP contribution >= 0.6 is 0 Å². The third kappa shape index (κ3) is 4.71. The molecule has 0 fully saturated rings. The van der Waals surface area contributed by atoms with Gasteiger partial charge in [0.2, 0.25) is 0 Å². The van der Waals surface area contributed by atoms with Crippen molar-refractivity contribution in [1.29, 1.82) is 0 Å². The van der Waals surface area contributed by atoms with Gasteiger partial charge in [0.25, 0.3) is 17.2 Å². The van der Waals surface area contributed by atoms with Gasteiger partial charge in [-0.25, -0.2) is 4.79 Å². The summed E-state index contributed by atoms with van der Waals surface area (Å²) in [6.45, 7) is 5.97. The SMILES string of the molecule is CCCCn1c(N)c(N(CC(C)C)C(=O)c2ccccc2[N+](=O)[O-])c(=O)[nH]c1=O. The fourth-order valence-electron chi connectivity index (χ4n) is 2.98. The van der Waals surface area contributed by atoms with Gasteiger partial charge in [-0.2, -0.15) is 0 Å². The molecule has 1 heterocycles. The van der Waals surface area contributed by atoms with Gasteiger partial charge in [-0.15, -0.1) is 0 Å². The molecule has 10 heteroatoms. The maximum Gasteiger partial charge on any atom is 0.330 e. The summed E-state index contributed by atoms with van der Waals surface area (Å²) in [5.74, 6) is -0.944. The Labute approximate surface area is 167 Å². The summed E-state index contributed by atoms with van der Waals surface area (Å²) in [6.07, 6.45) is 1.45. The molecule has 3 N–H and O–H groups in total. The normalized spacial score (nSPS) is 10.9. The predicted octanol–water partition coefficient (Wildman–Crippen LogP) is 2.13. The van der Waals surface area contributed by atoms with Gasteiger partial charge in [-0.3, -0.25) is 34.2 Å². The molecule has 0 aliphatic heterocycles. The Morgan fingerprint density at radius 2 is 1.97 bits per heavy atom. The number of nitrogens with zero attached hydrogens (tertiary/aromatic N) is 3. The molecule has 0 saturated carbocycles. The molecule has 1 aromatic heterocycles. The van der Waals surface area contributed by atoms with E-state index < -0.39 is 22.1 Å². The zero-order valence-corrected chi connectivity index (χ0v) is 16.7. The number of carbonyl (C=O) groups is 1. The number of aromatic amines is 1. The van der Waals surface area contributed by atoms with Crippen molar-refractivity contribution < 1.29 is 9.72 Å². The Hall–Kier alpha value is -3.43. The highest BCUT2D eigenvalue weighted by Crippen LogP contribution is 2.25. The van der Waals surface area contributed by atoms with Crippen LogP contribution in [-0.4, -0.2) is 26.9 Å². The van der Waals surface area contributed by atoms with Crippen LogP contribution in [0, 0.1) is 16.0 Å². The molecule has 1 aromatic carbocycles. The van der Waals surface area contributed by atoms with Crippen LogP contribution in [0.15, 0.2) is 33.9 Å². The Kier molecular flexibility index (Phi) is 6.92. The number of nitrogens with one attached hydrogen (secondary N) is 1. The summed E-state index contributed by atoms with van der Waals surface area (Å²) in [5.41, 5.74) is 3.94. The second kappa shape index (κ2) is 9.18. The van der Waals surface area contributed by atoms with Gasteiger partial charge in [0.05, 0.1) is 4.92 Å². The molecule has 156 valence electrons. The zero-order chi connectivity index (χ0) is 21.7. The van der Waals surface area contributed by atoms with Gasteiger partial charge in [0.15, 0.2) is 5.69 Å². The average Bonchev–Trinajstić information content (AvgIpc) is 2.66. The van der Waals surface area contributed by atoms with Crippen LogP contribution in [0.4, 0.5) is 17.2 Å². The molecule has 0 aliphatic rings. The lowest BCUT2D eigenvalue weighted by atomic mass is 10.1. The topological polar surface area (TPSA) is 144 Å². The van der Waals surface area contributed by atoms with Crippen LogP contribution in [0.1, 0.15) is 44.0 Å². The molecule has 0 bridgehead atoms. The Bertz CT molecular complexity index is 1020. The van der Waals surface area contributed by atoms with Crippen LogP contribution in [0.3, 0.4) is 0 Å². The van der Waals surface area contributed by atoms with Crippen molar-refractivity contribution in [2.45, 2.75) is 40.2 Å². The van der Waals surface area contributed by atoms with Gasteiger partial charge in [-0.1, -0.05) is 39.3 Å². The highest BCUT2D eigenvalue weighted by atomic mass is 16.6.